The van der Waals surface area contributed by atoms with Crippen molar-refractivity contribution < 1.29 is 9.30 Å². The van der Waals surface area contributed by atoms with Gasteiger partial charge in [0.25, 0.3) is 0 Å². The summed E-state index contributed by atoms with van der Waals surface area (Å²) in [6.07, 6.45) is 3.71. The molecule has 0 amide bonds. The molecule has 1 aliphatic heterocycles. The summed E-state index contributed by atoms with van der Waals surface area (Å²) < 4.78 is 21.9. The van der Waals surface area contributed by atoms with Crippen LogP contribution in [0.15, 0.2) is 170 Å². The molecule has 7 aromatic carbocycles. The summed E-state index contributed by atoms with van der Waals surface area (Å²) in [7, 11) is -3.24. The Hall–Kier alpha value is -5.76. The minimum Gasteiger partial charge on any atom is -0.456 e. The highest BCUT2D eigenvalue weighted by atomic mass is 31.2. The molecule has 3 nitrogen and oxygen atoms in total. The molecular weight excluding hydrogens is 593 g/mol. The van der Waals surface area contributed by atoms with Crippen molar-refractivity contribution >= 4 is 44.6 Å². The Morgan fingerprint density at radius 3 is 1.70 bits per heavy atom. The maximum atomic E-state index is 15.5. The van der Waals surface area contributed by atoms with Crippen molar-refractivity contribution in [2.75, 3.05) is 0 Å². The number of hydrogen-bond acceptors (Lipinski definition) is 3. The summed E-state index contributed by atoms with van der Waals surface area (Å²) in [4.78, 5) is 4.35. The Kier molecular flexibility index (Phi) is 6.41. The molecule has 0 bridgehead atoms. The van der Waals surface area contributed by atoms with Gasteiger partial charge in [0.2, 0.25) is 0 Å². The lowest BCUT2D eigenvalue weighted by Crippen LogP contribution is -2.30. The third kappa shape index (κ3) is 4.35. The van der Waals surface area contributed by atoms with Crippen LogP contribution in [0.1, 0.15) is 0 Å². The van der Waals surface area contributed by atoms with Crippen LogP contribution in [0, 0.1) is 0 Å². The highest BCUT2D eigenvalue weighted by Crippen LogP contribution is 2.53. The Morgan fingerprint density at radius 1 is 0.447 bits per heavy atom. The molecule has 0 fully saturated rings. The summed E-state index contributed by atoms with van der Waals surface area (Å²) >= 11 is 0. The number of pyridine rings is 1. The zero-order chi connectivity index (χ0) is 31.4. The zero-order valence-electron chi connectivity index (χ0n) is 25.4. The van der Waals surface area contributed by atoms with Gasteiger partial charge in [0.15, 0.2) is 7.14 Å². The van der Waals surface area contributed by atoms with Gasteiger partial charge in [-0.05, 0) is 85.8 Å². The molecule has 1 aliphatic rings. The van der Waals surface area contributed by atoms with Crippen molar-refractivity contribution in [2.45, 2.75) is 0 Å². The predicted octanol–water partition coefficient (Wildman–Crippen LogP) is 10.1. The summed E-state index contributed by atoms with van der Waals surface area (Å²) in [6, 6.07) is 53.8. The molecule has 0 saturated carbocycles. The molecule has 9 rings (SSSR count). The molecule has 222 valence electrons. The Morgan fingerprint density at radius 2 is 1.02 bits per heavy atom. The van der Waals surface area contributed by atoms with Gasteiger partial charge in [-0.3, -0.25) is 4.98 Å². The highest BCUT2D eigenvalue weighted by molar-refractivity contribution is 7.85. The van der Waals surface area contributed by atoms with Crippen molar-refractivity contribution in [3.63, 3.8) is 0 Å². The lowest BCUT2D eigenvalue weighted by molar-refractivity contribution is 0.485. The van der Waals surface area contributed by atoms with Crippen LogP contribution in [0.5, 0.6) is 11.5 Å². The number of benzene rings is 7. The van der Waals surface area contributed by atoms with Gasteiger partial charge in [0.05, 0.1) is 10.6 Å². The van der Waals surface area contributed by atoms with Crippen LogP contribution in [0.2, 0.25) is 0 Å². The highest BCUT2D eigenvalue weighted by Gasteiger charge is 2.39. The number of para-hydroxylation sites is 1. The maximum absolute atomic E-state index is 15.5. The molecule has 4 heteroatoms. The number of rotatable bonds is 4. The average Bonchev–Trinajstić information content (AvgIpc) is 3.14. The second-order valence-corrected chi connectivity index (χ2v) is 14.6. The van der Waals surface area contributed by atoms with Crippen molar-refractivity contribution in [1.29, 1.82) is 0 Å². The molecule has 1 atom stereocenters. The molecule has 0 saturated heterocycles. The van der Waals surface area contributed by atoms with Crippen LogP contribution < -0.4 is 20.7 Å². The summed E-state index contributed by atoms with van der Waals surface area (Å²) in [5.74, 6) is 1.28. The van der Waals surface area contributed by atoms with E-state index in [1.54, 1.807) is 6.20 Å². The molecule has 0 aliphatic carbocycles. The third-order valence-corrected chi connectivity index (χ3v) is 12.3. The van der Waals surface area contributed by atoms with E-state index in [0.29, 0.717) is 11.5 Å². The van der Waals surface area contributed by atoms with E-state index in [9.17, 15) is 0 Å². The monoisotopic (exact) mass is 621 g/mol. The largest absolute Gasteiger partial charge is 0.456 e. The second kappa shape index (κ2) is 10.9. The Balaban J connectivity index is 1.31. The molecule has 8 aromatic rings. The van der Waals surface area contributed by atoms with E-state index in [0.717, 1.165) is 65.3 Å². The van der Waals surface area contributed by atoms with Gasteiger partial charge < -0.3 is 9.30 Å². The van der Waals surface area contributed by atoms with Crippen molar-refractivity contribution in [1.82, 2.24) is 4.98 Å². The zero-order valence-corrected chi connectivity index (χ0v) is 26.3. The fraction of sp³-hybridized carbons (Fsp3) is 0. The number of nitrogens with zero attached hydrogens (tertiary/aromatic N) is 1. The molecule has 2 heterocycles. The average molecular weight is 622 g/mol. The van der Waals surface area contributed by atoms with E-state index in [1.165, 1.54) is 5.56 Å². The third-order valence-electron chi connectivity index (χ3n) is 9.21. The summed E-state index contributed by atoms with van der Waals surface area (Å²) in [5.41, 5.74) is 6.67. The van der Waals surface area contributed by atoms with Crippen molar-refractivity contribution in [3.05, 3.63) is 170 Å². The second-order valence-electron chi connectivity index (χ2n) is 11.9. The maximum Gasteiger partial charge on any atom is 0.178 e. The molecule has 0 N–H and O–H groups in total. The minimum absolute atomic E-state index is 0.636. The van der Waals surface area contributed by atoms with E-state index >= 15 is 4.57 Å². The number of hydrogen-bond donors (Lipinski definition) is 0. The Labute approximate surface area is 273 Å². The lowest BCUT2D eigenvalue weighted by Gasteiger charge is -2.29. The molecule has 0 radical (unpaired) electrons. The van der Waals surface area contributed by atoms with Gasteiger partial charge in [-0.2, -0.15) is 0 Å². The van der Waals surface area contributed by atoms with Crippen molar-refractivity contribution in [3.8, 4) is 44.9 Å². The molecule has 1 unspecified atom stereocenters. The van der Waals surface area contributed by atoms with Crippen LogP contribution in [0.25, 0.3) is 54.9 Å². The van der Waals surface area contributed by atoms with Gasteiger partial charge in [-0.1, -0.05) is 121 Å². The number of fused-ring (bicyclic) bond motifs is 4. The summed E-state index contributed by atoms with van der Waals surface area (Å²) in [6.45, 7) is 0. The lowest BCUT2D eigenvalue weighted by atomic mass is 9.85. The van der Waals surface area contributed by atoms with Crippen LogP contribution in [0.4, 0.5) is 0 Å². The quantitative estimate of drug-likeness (QED) is 0.145. The molecule has 0 spiro atoms. The SMILES string of the molecule is O=P1(c2ccccc2)c2ccccc2Oc2ccc(-c3c4ccccc4c(-c4cccc(-c5cccnc5)c4)c4ccccc34)cc21. The number of ether oxygens (including phenoxy) is 1. The fourth-order valence-corrected chi connectivity index (χ4v) is 10.00. The topological polar surface area (TPSA) is 39.2 Å². The van der Waals surface area contributed by atoms with Gasteiger partial charge >= 0.3 is 0 Å². The standard InChI is InChI=1S/C43H28NO2P/c45-47(33-15-2-1-3-16-33)40-22-9-8-21-38(40)46-39-24-23-31(27-41(39)47)43-36-19-6-4-17-34(36)42(35-18-5-7-20-37(35)43)30-13-10-12-29(26-30)32-14-11-25-44-28-32/h1-28H. The van der Waals surface area contributed by atoms with Gasteiger partial charge in [-0.25, -0.2) is 0 Å². The predicted molar refractivity (Wildman–Crippen MR) is 195 cm³/mol. The summed E-state index contributed by atoms with van der Waals surface area (Å²) in [5, 5.41) is 6.85. The van der Waals surface area contributed by atoms with Gasteiger partial charge in [0.1, 0.15) is 11.5 Å². The Bertz CT molecular complexity index is 2470. The van der Waals surface area contributed by atoms with Gasteiger partial charge in [0, 0.05) is 23.3 Å². The first-order chi connectivity index (χ1) is 23.2. The van der Waals surface area contributed by atoms with Gasteiger partial charge in [-0.15, -0.1) is 0 Å². The minimum atomic E-state index is -3.24. The van der Waals surface area contributed by atoms with E-state index in [1.807, 2.05) is 72.9 Å². The fourth-order valence-electron chi connectivity index (χ4n) is 7.11. The van der Waals surface area contributed by atoms with Crippen LogP contribution in [-0.4, -0.2) is 4.98 Å². The van der Waals surface area contributed by atoms with E-state index in [-0.39, 0.29) is 0 Å². The molecular formula is C43H28NO2P. The molecule has 1 aromatic heterocycles. The first-order valence-electron chi connectivity index (χ1n) is 15.7. The smallest absolute Gasteiger partial charge is 0.178 e. The number of aromatic nitrogens is 1. The van der Waals surface area contributed by atoms with E-state index in [4.69, 9.17) is 4.74 Å². The van der Waals surface area contributed by atoms with Crippen LogP contribution in [-0.2, 0) is 4.57 Å². The van der Waals surface area contributed by atoms with Crippen LogP contribution >= 0.6 is 7.14 Å². The molecule has 47 heavy (non-hydrogen) atoms. The van der Waals surface area contributed by atoms with E-state index < -0.39 is 7.14 Å². The normalized spacial score (nSPS) is 15.1. The van der Waals surface area contributed by atoms with Crippen molar-refractivity contribution in [2.24, 2.45) is 0 Å². The first kappa shape index (κ1) is 27.5. The first-order valence-corrected chi connectivity index (χ1v) is 17.4. The van der Waals surface area contributed by atoms with Crippen LogP contribution in [0.3, 0.4) is 0 Å². The van der Waals surface area contributed by atoms with E-state index in [2.05, 4.69) is 96.0 Å².